The topological polar surface area (TPSA) is 142 Å². The molecule has 2 aromatic rings. The van der Waals surface area contributed by atoms with Gasteiger partial charge in [-0.1, -0.05) is 30.3 Å². The Labute approximate surface area is 182 Å². The van der Waals surface area contributed by atoms with Crippen LogP contribution in [0.4, 0.5) is 0 Å². The first-order chi connectivity index (χ1) is 15.2. The zero-order valence-electron chi connectivity index (χ0n) is 17.1. The quantitative estimate of drug-likeness (QED) is 0.434. The summed E-state index contributed by atoms with van der Waals surface area (Å²) >= 11 is 0. The van der Waals surface area contributed by atoms with E-state index in [2.05, 4.69) is 15.4 Å². The molecule has 0 saturated carbocycles. The Hall–Kier alpha value is -3.79. The Balaban J connectivity index is 1.42. The highest BCUT2D eigenvalue weighted by Crippen LogP contribution is 2.20. The molecule has 2 aromatic carbocycles. The number of likely N-dealkylation sites (tertiary alicyclic amines) is 1. The van der Waals surface area contributed by atoms with E-state index in [0.29, 0.717) is 5.56 Å². The molecule has 3 N–H and O–H groups in total. The highest BCUT2D eigenvalue weighted by molar-refractivity contribution is 6.11. The molecule has 2 fully saturated rings. The van der Waals surface area contributed by atoms with Gasteiger partial charge in [0.1, 0.15) is 18.1 Å². The van der Waals surface area contributed by atoms with Gasteiger partial charge in [0, 0.05) is 5.56 Å². The van der Waals surface area contributed by atoms with Gasteiger partial charge in [-0.3, -0.25) is 28.9 Å². The SMILES string of the molecule is C[C@@H](C(=O)N[C@H]1CC(=O)OC1O)N1C(=O)CC(NC(=O)c2ccc3ccccc3c2)C1=O. The number of aliphatic hydroxyl groups excluding tert-OH is 1. The average Bonchev–Trinajstić information content (AvgIpc) is 3.23. The van der Waals surface area contributed by atoms with Crippen molar-refractivity contribution in [2.75, 3.05) is 0 Å². The number of esters is 1. The van der Waals surface area contributed by atoms with Crippen molar-refractivity contribution >= 4 is 40.4 Å². The number of benzene rings is 2. The summed E-state index contributed by atoms with van der Waals surface area (Å²) in [4.78, 5) is 62.4. The largest absolute Gasteiger partial charge is 0.434 e. The molecule has 0 bridgehead atoms. The summed E-state index contributed by atoms with van der Waals surface area (Å²) < 4.78 is 4.56. The second-order valence-corrected chi connectivity index (χ2v) is 7.77. The lowest BCUT2D eigenvalue weighted by Gasteiger charge is -2.24. The van der Waals surface area contributed by atoms with Crippen LogP contribution in [0.3, 0.4) is 0 Å². The number of amides is 4. The summed E-state index contributed by atoms with van der Waals surface area (Å²) in [6, 6.07) is 9.35. The number of ether oxygens (including phenoxy) is 1. The predicted molar refractivity (Wildman–Crippen MR) is 110 cm³/mol. The van der Waals surface area contributed by atoms with Crippen LogP contribution in [0.2, 0.25) is 0 Å². The van der Waals surface area contributed by atoms with Gasteiger partial charge in [0.25, 0.3) is 11.8 Å². The van der Waals surface area contributed by atoms with Crippen LogP contribution in [0.25, 0.3) is 10.8 Å². The Morgan fingerprint density at radius 1 is 1.06 bits per heavy atom. The molecule has 0 radical (unpaired) electrons. The fourth-order valence-electron chi connectivity index (χ4n) is 3.83. The number of rotatable bonds is 5. The molecule has 2 aliphatic heterocycles. The summed E-state index contributed by atoms with van der Waals surface area (Å²) in [7, 11) is 0. The van der Waals surface area contributed by atoms with E-state index in [1.165, 1.54) is 6.92 Å². The highest BCUT2D eigenvalue weighted by Gasteiger charge is 2.45. The molecule has 2 heterocycles. The zero-order chi connectivity index (χ0) is 23.0. The third kappa shape index (κ3) is 4.04. The average molecular weight is 439 g/mol. The lowest BCUT2D eigenvalue weighted by molar-refractivity contribution is -0.155. The van der Waals surface area contributed by atoms with Gasteiger partial charge >= 0.3 is 5.97 Å². The molecule has 166 valence electrons. The third-order valence-electron chi connectivity index (χ3n) is 5.58. The first kappa shape index (κ1) is 21.4. The third-order valence-corrected chi connectivity index (χ3v) is 5.58. The van der Waals surface area contributed by atoms with Gasteiger partial charge in [-0.25, -0.2) is 0 Å². The Morgan fingerprint density at radius 2 is 1.78 bits per heavy atom. The molecule has 2 aliphatic rings. The highest BCUT2D eigenvalue weighted by atomic mass is 16.6. The van der Waals surface area contributed by atoms with E-state index in [4.69, 9.17) is 0 Å². The van der Waals surface area contributed by atoms with E-state index in [9.17, 15) is 29.1 Å². The van der Waals surface area contributed by atoms with E-state index in [1.807, 2.05) is 24.3 Å². The maximum absolute atomic E-state index is 12.8. The van der Waals surface area contributed by atoms with Gasteiger partial charge in [0.15, 0.2) is 0 Å². The summed E-state index contributed by atoms with van der Waals surface area (Å²) in [5, 5.41) is 16.4. The number of hydrogen-bond donors (Lipinski definition) is 3. The first-order valence-corrected chi connectivity index (χ1v) is 10.1. The van der Waals surface area contributed by atoms with E-state index >= 15 is 0 Å². The van der Waals surface area contributed by atoms with Crippen LogP contribution in [0.5, 0.6) is 0 Å². The van der Waals surface area contributed by atoms with Crippen molar-refractivity contribution in [1.29, 1.82) is 0 Å². The monoisotopic (exact) mass is 439 g/mol. The normalized spacial score (nSPS) is 23.9. The molecule has 4 atom stereocenters. The van der Waals surface area contributed by atoms with Crippen LogP contribution in [0.15, 0.2) is 42.5 Å². The number of imide groups is 1. The van der Waals surface area contributed by atoms with Crippen molar-refractivity contribution in [1.82, 2.24) is 15.5 Å². The van der Waals surface area contributed by atoms with Gasteiger partial charge < -0.3 is 20.5 Å². The molecule has 10 heteroatoms. The Kier molecular flexibility index (Phi) is 5.62. The van der Waals surface area contributed by atoms with Gasteiger partial charge in [-0.05, 0) is 29.8 Å². The van der Waals surface area contributed by atoms with Crippen molar-refractivity contribution in [2.45, 2.75) is 44.2 Å². The maximum Gasteiger partial charge on any atom is 0.310 e. The van der Waals surface area contributed by atoms with E-state index in [1.54, 1.807) is 18.2 Å². The number of carbonyl (C=O) groups is 5. The lowest BCUT2D eigenvalue weighted by Crippen LogP contribution is -2.53. The van der Waals surface area contributed by atoms with Crippen molar-refractivity contribution in [3.63, 3.8) is 0 Å². The van der Waals surface area contributed by atoms with Gasteiger partial charge in [-0.15, -0.1) is 0 Å². The molecule has 0 aromatic heterocycles. The van der Waals surface area contributed by atoms with E-state index < -0.39 is 54.0 Å². The molecule has 0 aliphatic carbocycles. The number of nitrogens with one attached hydrogen (secondary N) is 2. The standard InChI is InChI=1S/C22H21N3O7/c1-11(19(28)24-16-10-18(27)32-22(16)31)25-17(26)9-15(21(25)30)23-20(29)14-7-6-12-4-2-3-5-13(12)8-14/h2-8,11,15-16,22,31H,9-10H2,1H3,(H,23,29)(H,24,28)/t11-,15?,16-,22?/m0/s1. The number of carbonyl (C=O) groups excluding carboxylic acids is 5. The van der Waals surface area contributed by atoms with Gasteiger partial charge in [0.05, 0.1) is 12.8 Å². The van der Waals surface area contributed by atoms with Crippen molar-refractivity contribution in [3.05, 3.63) is 48.0 Å². The zero-order valence-corrected chi connectivity index (χ0v) is 17.1. The van der Waals surface area contributed by atoms with E-state index in [-0.39, 0.29) is 12.8 Å². The Bertz CT molecular complexity index is 1130. The van der Waals surface area contributed by atoms with Crippen LogP contribution < -0.4 is 10.6 Å². The molecule has 2 saturated heterocycles. The van der Waals surface area contributed by atoms with Crippen LogP contribution >= 0.6 is 0 Å². The molecular weight excluding hydrogens is 418 g/mol. The van der Waals surface area contributed by atoms with Crippen LogP contribution in [0.1, 0.15) is 30.1 Å². The van der Waals surface area contributed by atoms with Gasteiger partial charge in [-0.2, -0.15) is 0 Å². The van der Waals surface area contributed by atoms with Crippen molar-refractivity contribution in [3.8, 4) is 0 Å². The summed E-state index contributed by atoms with van der Waals surface area (Å²) in [5.41, 5.74) is 0.341. The number of hydrogen-bond acceptors (Lipinski definition) is 7. The van der Waals surface area contributed by atoms with Crippen LogP contribution in [-0.4, -0.2) is 64.0 Å². The summed E-state index contributed by atoms with van der Waals surface area (Å²) in [6.07, 6.45) is -1.98. The molecule has 0 spiro atoms. The summed E-state index contributed by atoms with van der Waals surface area (Å²) in [5.74, 6) is -3.21. The molecule has 2 unspecified atom stereocenters. The second kappa shape index (κ2) is 8.39. The number of nitrogens with zero attached hydrogens (tertiary/aromatic N) is 1. The molecule has 10 nitrogen and oxygen atoms in total. The minimum absolute atomic E-state index is 0.216. The van der Waals surface area contributed by atoms with Crippen LogP contribution in [0, 0.1) is 0 Å². The van der Waals surface area contributed by atoms with Gasteiger partial charge in [0.2, 0.25) is 18.1 Å². The number of aliphatic hydroxyl groups is 1. The van der Waals surface area contributed by atoms with Crippen molar-refractivity contribution in [2.24, 2.45) is 0 Å². The minimum atomic E-state index is -1.49. The molecule has 4 amide bonds. The summed E-state index contributed by atoms with van der Waals surface area (Å²) in [6.45, 7) is 1.35. The van der Waals surface area contributed by atoms with E-state index in [0.717, 1.165) is 15.7 Å². The maximum atomic E-state index is 12.8. The molecule has 4 rings (SSSR count). The van der Waals surface area contributed by atoms with Crippen LogP contribution in [-0.2, 0) is 23.9 Å². The Morgan fingerprint density at radius 3 is 2.47 bits per heavy atom. The minimum Gasteiger partial charge on any atom is -0.434 e. The molecule has 32 heavy (non-hydrogen) atoms. The lowest BCUT2D eigenvalue weighted by atomic mass is 10.1. The first-order valence-electron chi connectivity index (χ1n) is 10.1. The second-order valence-electron chi connectivity index (χ2n) is 7.77. The fraction of sp³-hybridized carbons (Fsp3) is 0.318. The number of cyclic esters (lactones) is 1. The van der Waals surface area contributed by atoms with Crippen molar-refractivity contribution < 1.29 is 33.8 Å². The number of fused-ring (bicyclic) bond motifs is 1. The predicted octanol–water partition coefficient (Wildman–Crippen LogP) is -0.164. The fourth-order valence-corrected chi connectivity index (χ4v) is 3.83. The smallest absolute Gasteiger partial charge is 0.310 e. The molecular formula is C22H21N3O7.